The molecule has 4 rings (SSSR count). The lowest BCUT2D eigenvalue weighted by molar-refractivity contribution is -0.131. The predicted molar refractivity (Wildman–Crippen MR) is 110 cm³/mol. The summed E-state index contributed by atoms with van der Waals surface area (Å²) in [5, 5.41) is 7.21. The van der Waals surface area contributed by atoms with Crippen LogP contribution in [0, 0.1) is 11.6 Å². The summed E-state index contributed by atoms with van der Waals surface area (Å²) in [6.07, 6.45) is 0.397. The van der Waals surface area contributed by atoms with Crippen LogP contribution in [-0.4, -0.2) is 75.5 Å². The van der Waals surface area contributed by atoms with Gasteiger partial charge in [-0.25, -0.2) is 8.78 Å². The number of nitrogens with zero attached hydrogens (tertiary/aromatic N) is 4. The molecule has 0 unspecified atom stereocenters. The molecule has 1 fully saturated rings. The lowest BCUT2D eigenvalue weighted by atomic mass is 10.0. The predicted octanol–water partition coefficient (Wildman–Crippen LogP) is 1.98. The van der Waals surface area contributed by atoms with Crippen LogP contribution in [0.2, 0.25) is 0 Å². The van der Waals surface area contributed by atoms with E-state index in [1.54, 1.807) is 4.90 Å². The van der Waals surface area contributed by atoms with Crippen molar-refractivity contribution in [2.75, 3.05) is 32.7 Å². The molecule has 1 aromatic heterocycles. The number of nitrogens with one attached hydrogen (secondary N) is 1. The molecule has 2 aliphatic heterocycles. The molecule has 1 saturated heterocycles. The molecule has 0 atom stereocenters. The maximum atomic E-state index is 13.9. The zero-order valence-corrected chi connectivity index (χ0v) is 17.8. The number of hydrogen-bond donors (Lipinski definition) is 1. The molecule has 31 heavy (non-hydrogen) atoms. The summed E-state index contributed by atoms with van der Waals surface area (Å²) in [7, 11) is 0. The molecule has 0 radical (unpaired) electrons. The Morgan fingerprint density at radius 3 is 2.52 bits per heavy atom. The van der Waals surface area contributed by atoms with Crippen molar-refractivity contribution in [1.82, 2.24) is 24.9 Å². The molecule has 2 amide bonds. The minimum Gasteiger partial charge on any atom is -0.338 e. The summed E-state index contributed by atoms with van der Waals surface area (Å²) < 4.78 is 27.1. The highest BCUT2D eigenvalue weighted by atomic mass is 19.1. The fourth-order valence-electron chi connectivity index (χ4n) is 4.22. The van der Waals surface area contributed by atoms with Crippen molar-refractivity contribution in [2.45, 2.75) is 39.3 Å². The van der Waals surface area contributed by atoms with Gasteiger partial charge < -0.3 is 9.80 Å². The van der Waals surface area contributed by atoms with Gasteiger partial charge in [-0.15, -0.1) is 0 Å². The second-order valence-corrected chi connectivity index (χ2v) is 8.43. The summed E-state index contributed by atoms with van der Waals surface area (Å²) in [4.78, 5) is 31.6. The van der Waals surface area contributed by atoms with Crippen LogP contribution in [0.25, 0.3) is 0 Å². The largest absolute Gasteiger partial charge is 0.338 e. The van der Waals surface area contributed by atoms with Crippen molar-refractivity contribution in [3.05, 3.63) is 52.3 Å². The Hall–Kier alpha value is -2.81. The number of H-pyrrole nitrogens is 1. The molecule has 166 valence electrons. The van der Waals surface area contributed by atoms with Crippen molar-refractivity contribution < 1.29 is 18.4 Å². The van der Waals surface area contributed by atoms with Crippen LogP contribution >= 0.6 is 0 Å². The normalized spacial score (nSPS) is 17.2. The van der Waals surface area contributed by atoms with E-state index in [-0.39, 0.29) is 30.3 Å². The van der Waals surface area contributed by atoms with Gasteiger partial charge in [-0.2, -0.15) is 5.10 Å². The molecule has 0 saturated carbocycles. The van der Waals surface area contributed by atoms with E-state index in [0.717, 1.165) is 36.5 Å². The van der Waals surface area contributed by atoms with Crippen LogP contribution in [0.5, 0.6) is 0 Å². The van der Waals surface area contributed by atoms with Crippen molar-refractivity contribution >= 4 is 11.8 Å². The number of fused-ring (bicyclic) bond motifs is 1. The van der Waals surface area contributed by atoms with E-state index in [9.17, 15) is 18.4 Å². The Bertz CT molecular complexity index is 982. The number of carbonyl (C=O) groups excluding carboxylic acids is 2. The highest BCUT2D eigenvalue weighted by Gasteiger charge is 2.31. The number of amides is 2. The van der Waals surface area contributed by atoms with E-state index in [1.165, 1.54) is 6.07 Å². The Balaban J connectivity index is 1.44. The number of benzene rings is 1. The maximum Gasteiger partial charge on any atom is 0.274 e. The fraction of sp³-hybridized carbons (Fsp3) is 0.500. The van der Waals surface area contributed by atoms with Crippen LogP contribution in [0.3, 0.4) is 0 Å². The Morgan fingerprint density at radius 2 is 1.84 bits per heavy atom. The Labute approximate surface area is 180 Å². The summed E-state index contributed by atoms with van der Waals surface area (Å²) in [5.74, 6) is -1.79. The lowest BCUT2D eigenvalue weighted by Crippen LogP contribution is -2.51. The molecule has 1 aromatic carbocycles. The number of hydrogen-bond acceptors (Lipinski definition) is 4. The topological polar surface area (TPSA) is 72.5 Å². The van der Waals surface area contributed by atoms with Crippen LogP contribution in [-0.2, 0) is 24.2 Å². The zero-order chi connectivity index (χ0) is 22.1. The summed E-state index contributed by atoms with van der Waals surface area (Å²) >= 11 is 0. The Kier molecular flexibility index (Phi) is 6.04. The first-order valence-corrected chi connectivity index (χ1v) is 10.6. The number of rotatable bonds is 4. The van der Waals surface area contributed by atoms with Gasteiger partial charge in [0.15, 0.2) is 5.69 Å². The van der Waals surface area contributed by atoms with Crippen molar-refractivity contribution in [2.24, 2.45) is 0 Å². The van der Waals surface area contributed by atoms with Crippen molar-refractivity contribution in [3.63, 3.8) is 0 Å². The highest BCUT2D eigenvalue weighted by Crippen LogP contribution is 2.23. The number of carbonyl (C=O) groups is 2. The van der Waals surface area contributed by atoms with E-state index in [4.69, 9.17) is 0 Å². The third-order valence-corrected chi connectivity index (χ3v) is 6.18. The van der Waals surface area contributed by atoms with Crippen LogP contribution in [0.4, 0.5) is 8.78 Å². The first-order chi connectivity index (χ1) is 14.8. The average molecular weight is 431 g/mol. The third-order valence-electron chi connectivity index (χ3n) is 6.18. The van der Waals surface area contributed by atoms with Gasteiger partial charge in [-0.3, -0.25) is 19.6 Å². The van der Waals surface area contributed by atoms with Gasteiger partial charge in [0, 0.05) is 69.1 Å². The summed E-state index contributed by atoms with van der Waals surface area (Å²) in [6, 6.07) is 3.66. The summed E-state index contributed by atoms with van der Waals surface area (Å²) in [6.45, 7) is 7.93. The number of aromatic amines is 1. The molecule has 3 heterocycles. The van der Waals surface area contributed by atoms with Crippen LogP contribution in [0.1, 0.15) is 41.2 Å². The SMILES string of the molecule is CC(C)N1CCN(C(=O)c2n[nH]c3c2CN(C(=O)Cc2ccc(F)cc2F)CC3)CC1. The van der Waals surface area contributed by atoms with Crippen LogP contribution < -0.4 is 0 Å². The molecule has 1 N–H and O–H groups in total. The first-order valence-electron chi connectivity index (χ1n) is 10.6. The first kappa shape index (κ1) is 21.4. The minimum absolute atomic E-state index is 0.125. The molecule has 9 heteroatoms. The van der Waals surface area contributed by atoms with Gasteiger partial charge >= 0.3 is 0 Å². The lowest BCUT2D eigenvalue weighted by Gasteiger charge is -2.37. The molecule has 7 nitrogen and oxygen atoms in total. The molecule has 0 spiro atoms. The van der Waals surface area contributed by atoms with Gasteiger partial charge in [0.1, 0.15) is 11.6 Å². The molecule has 0 bridgehead atoms. The van der Waals surface area contributed by atoms with Crippen molar-refractivity contribution in [1.29, 1.82) is 0 Å². The van der Waals surface area contributed by atoms with Crippen molar-refractivity contribution in [3.8, 4) is 0 Å². The monoisotopic (exact) mass is 431 g/mol. The summed E-state index contributed by atoms with van der Waals surface area (Å²) in [5.41, 5.74) is 2.11. The Morgan fingerprint density at radius 1 is 1.10 bits per heavy atom. The molecular weight excluding hydrogens is 404 g/mol. The standard InChI is InChI=1S/C22H27F2N5O2/c1-14(2)27-7-9-28(10-8-27)22(31)21-17-13-29(6-5-19(17)25-26-21)20(30)11-15-3-4-16(23)12-18(15)24/h3-4,12,14H,5-11,13H2,1-2H3,(H,25,26). The molecule has 0 aliphatic carbocycles. The average Bonchev–Trinajstić information content (AvgIpc) is 3.18. The van der Waals surface area contributed by atoms with Gasteiger partial charge in [0.25, 0.3) is 5.91 Å². The quantitative estimate of drug-likeness (QED) is 0.804. The maximum absolute atomic E-state index is 13.9. The van der Waals surface area contributed by atoms with E-state index in [2.05, 4.69) is 28.9 Å². The van der Waals surface area contributed by atoms with E-state index in [1.807, 2.05) is 4.90 Å². The van der Waals surface area contributed by atoms with E-state index >= 15 is 0 Å². The molecule has 2 aliphatic rings. The van der Waals surface area contributed by atoms with E-state index < -0.39 is 11.6 Å². The fourth-order valence-corrected chi connectivity index (χ4v) is 4.22. The number of aromatic nitrogens is 2. The van der Waals surface area contributed by atoms with Crippen LogP contribution in [0.15, 0.2) is 18.2 Å². The highest BCUT2D eigenvalue weighted by molar-refractivity contribution is 5.94. The smallest absolute Gasteiger partial charge is 0.274 e. The van der Waals surface area contributed by atoms with Gasteiger partial charge in [-0.1, -0.05) is 6.07 Å². The zero-order valence-electron chi connectivity index (χ0n) is 17.8. The molecular formula is C22H27F2N5O2. The second kappa shape index (κ2) is 8.74. The second-order valence-electron chi connectivity index (χ2n) is 8.43. The van der Waals surface area contributed by atoms with Gasteiger partial charge in [0.2, 0.25) is 5.91 Å². The number of piperazine rings is 1. The molecule has 2 aromatic rings. The van der Waals surface area contributed by atoms with E-state index in [0.29, 0.717) is 37.8 Å². The van der Waals surface area contributed by atoms with Gasteiger partial charge in [-0.05, 0) is 25.5 Å². The van der Waals surface area contributed by atoms with Gasteiger partial charge in [0.05, 0.1) is 6.42 Å². The number of halogens is 2. The third kappa shape index (κ3) is 4.46. The minimum atomic E-state index is -0.731.